The molecule has 0 radical (unpaired) electrons. The molecule has 0 unspecified atom stereocenters. The Morgan fingerprint density at radius 2 is 1.94 bits per heavy atom. The Morgan fingerprint density at radius 1 is 1.16 bits per heavy atom. The van der Waals surface area contributed by atoms with Crippen molar-refractivity contribution in [3.8, 4) is 11.5 Å². The quantitative estimate of drug-likeness (QED) is 0.466. The molecule has 0 spiro atoms. The third kappa shape index (κ3) is 4.74. The molecule has 0 saturated carbocycles. The van der Waals surface area contributed by atoms with Crippen LogP contribution >= 0.6 is 7.49 Å². The maximum absolute atomic E-state index is 14.4. The fourth-order valence-corrected chi connectivity index (χ4v) is 9.05. The van der Waals surface area contributed by atoms with Crippen LogP contribution in [0.3, 0.4) is 0 Å². The fraction of sp³-hybridized carbons (Fsp3) is 0.435. The van der Waals surface area contributed by atoms with Gasteiger partial charge in [-0.1, -0.05) is 0 Å². The van der Waals surface area contributed by atoms with Crippen molar-refractivity contribution < 1.29 is 32.7 Å². The number of carboxylic acid groups (broad SMARTS) is 1. The van der Waals surface area contributed by atoms with Gasteiger partial charge in [-0.05, 0) is 0 Å². The van der Waals surface area contributed by atoms with Gasteiger partial charge in [0.2, 0.25) is 0 Å². The van der Waals surface area contributed by atoms with E-state index in [-0.39, 0.29) is 23.5 Å². The first-order valence-electron chi connectivity index (χ1n) is 10.5. The summed E-state index contributed by atoms with van der Waals surface area (Å²) in [6.45, 7) is 2.41. The Kier molecular flexibility index (Phi) is 6.29. The van der Waals surface area contributed by atoms with Crippen LogP contribution in [0.1, 0.15) is 24.8 Å². The van der Waals surface area contributed by atoms with Gasteiger partial charge in [0.05, 0.1) is 0 Å². The van der Waals surface area contributed by atoms with Gasteiger partial charge in [0.1, 0.15) is 0 Å². The van der Waals surface area contributed by atoms with Gasteiger partial charge in [-0.25, -0.2) is 0 Å². The third-order valence-electron chi connectivity index (χ3n) is 6.60. The Balaban J connectivity index is 1.45. The van der Waals surface area contributed by atoms with Crippen molar-refractivity contribution in [1.82, 2.24) is 0 Å². The summed E-state index contributed by atoms with van der Waals surface area (Å²) in [5, 5.41) is 9.69. The first kappa shape index (κ1) is 22.1. The van der Waals surface area contributed by atoms with E-state index in [4.69, 9.17) is 19.1 Å². The molecule has 3 saturated heterocycles. The Labute approximate surface area is 180 Å². The van der Waals surface area contributed by atoms with E-state index in [0.717, 1.165) is 36.9 Å². The van der Waals surface area contributed by atoms with Gasteiger partial charge in [0.15, 0.2) is 0 Å². The van der Waals surface area contributed by atoms with Gasteiger partial charge in [-0.2, -0.15) is 0 Å². The van der Waals surface area contributed by atoms with E-state index in [1.807, 2.05) is 0 Å². The molecule has 3 fully saturated rings. The van der Waals surface area contributed by atoms with Crippen LogP contribution in [-0.2, 0) is 14.1 Å². The molecule has 168 valence electrons. The summed E-state index contributed by atoms with van der Waals surface area (Å²) in [5.74, 6) is -1.52. The number of fused-ring (bicyclic) bond motifs is 3. The third-order valence-corrected chi connectivity index (χ3v) is 10.8. The van der Waals surface area contributed by atoms with E-state index in [9.17, 15) is 13.6 Å². The normalized spacial score (nSPS) is 22.8. The number of rotatable bonds is 8. The van der Waals surface area contributed by atoms with Gasteiger partial charge >= 0.3 is 180 Å². The number of hydrogen-bond acceptors (Lipinski definition) is 4. The van der Waals surface area contributed by atoms with E-state index in [2.05, 4.69) is 0 Å². The van der Waals surface area contributed by atoms with E-state index in [1.165, 1.54) is 12.1 Å². The Morgan fingerprint density at radius 3 is 2.58 bits per heavy atom. The average molecular weight is 452 g/mol. The zero-order valence-corrected chi connectivity index (χ0v) is 18.5. The summed E-state index contributed by atoms with van der Waals surface area (Å²) in [6.07, 6.45) is 4.62. The summed E-state index contributed by atoms with van der Waals surface area (Å²) in [6, 6.07) is 9.39. The molecule has 1 N–H and O–H groups in total. The molecule has 3 heterocycles. The van der Waals surface area contributed by atoms with Crippen molar-refractivity contribution in [2.75, 3.05) is 32.1 Å². The van der Waals surface area contributed by atoms with Crippen LogP contribution in [-0.4, -0.2) is 43.2 Å². The summed E-state index contributed by atoms with van der Waals surface area (Å²) in [5.41, 5.74) is 0.536. The van der Waals surface area contributed by atoms with Gasteiger partial charge in [-0.15, -0.1) is 0 Å². The van der Waals surface area contributed by atoms with Gasteiger partial charge in [-0.3, -0.25) is 0 Å². The molecule has 0 atom stereocenters. The second-order valence-corrected chi connectivity index (χ2v) is 12.5. The topological polar surface area (TPSA) is 65.0 Å². The number of carboxylic acids is 1. The van der Waals surface area contributed by atoms with Gasteiger partial charge in [0, 0.05) is 0 Å². The van der Waals surface area contributed by atoms with Crippen LogP contribution in [0.2, 0.25) is 0 Å². The second-order valence-electron chi connectivity index (χ2n) is 8.64. The van der Waals surface area contributed by atoms with Crippen molar-refractivity contribution in [3.63, 3.8) is 0 Å². The van der Waals surface area contributed by atoms with E-state index in [1.54, 1.807) is 31.2 Å². The molecule has 8 heteroatoms. The number of aryl methyl sites for hydroxylation is 1. The molecular formula is C23H27F2O5P. The predicted octanol–water partition coefficient (Wildman–Crippen LogP) is 4.66. The molecule has 5 rings (SSSR count). The standard InChI is InChI=1S/C23H27F2O5P/c1-16-2-3-17(12-20(16)25)30-21-13-18(4-5-19(21)24)31-10-7-23(8-11-31,15-29-31)6-9-28-14-22(26)27/h2-5,12-13,31H,6-11,14-15H2,1H3,(H,26,27). The minimum absolute atomic E-state index is 0.0338. The number of benzene rings is 2. The number of ether oxygens (including phenoxy) is 2. The summed E-state index contributed by atoms with van der Waals surface area (Å²) >= 11 is 0. The van der Waals surface area contributed by atoms with Crippen molar-refractivity contribution in [2.24, 2.45) is 5.41 Å². The molecule has 2 bridgehead atoms. The monoisotopic (exact) mass is 452 g/mol. The summed E-state index contributed by atoms with van der Waals surface area (Å²) in [7, 11) is -2.23. The first-order chi connectivity index (χ1) is 14.8. The van der Waals surface area contributed by atoms with Crippen LogP contribution in [0.4, 0.5) is 8.78 Å². The zero-order valence-electron chi connectivity index (χ0n) is 17.5. The fourth-order valence-electron chi connectivity index (χ4n) is 4.54. The van der Waals surface area contributed by atoms with Crippen molar-refractivity contribution in [1.29, 1.82) is 0 Å². The number of hydrogen-bond donors (Lipinski definition) is 1. The maximum atomic E-state index is 14.4. The van der Waals surface area contributed by atoms with Crippen LogP contribution in [0, 0.1) is 24.0 Å². The van der Waals surface area contributed by atoms with E-state index >= 15 is 0 Å². The summed E-state index contributed by atoms with van der Waals surface area (Å²) < 4.78 is 45.6. The summed E-state index contributed by atoms with van der Waals surface area (Å²) in [4.78, 5) is 10.6. The van der Waals surface area contributed by atoms with Crippen LogP contribution in [0.5, 0.6) is 11.5 Å². The van der Waals surface area contributed by atoms with Crippen LogP contribution in [0.15, 0.2) is 36.4 Å². The van der Waals surface area contributed by atoms with Gasteiger partial charge < -0.3 is 0 Å². The molecule has 0 aliphatic carbocycles. The van der Waals surface area contributed by atoms with E-state index < -0.39 is 25.1 Å². The number of carbonyl (C=O) groups is 1. The molecule has 5 nitrogen and oxygen atoms in total. The van der Waals surface area contributed by atoms with Crippen molar-refractivity contribution in [3.05, 3.63) is 53.6 Å². The molecule has 2 aromatic rings. The SMILES string of the molecule is Cc1ccc(Oc2cc([PH]34CCC(CCOCC(=O)O)(CC3)CO4)ccc2F)cc1F. The van der Waals surface area contributed by atoms with Crippen LogP contribution < -0.4 is 10.0 Å². The molecule has 0 amide bonds. The number of halogens is 2. The second kappa shape index (κ2) is 8.81. The van der Waals surface area contributed by atoms with Crippen molar-refractivity contribution in [2.45, 2.75) is 26.2 Å². The Bertz CT molecular complexity index is 956. The zero-order chi connectivity index (χ0) is 22.1. The molecule has 3 aliphatic heterocycles. The minimum atomic E-state index is -2.23. The van der Waals surface area contributed by atoms with Crippen molar-refractivity contribution >= 4 is 18.8 Å². The molecule has 31 heavy (non-hydrogen) atoms. The van der Waals surface area contributed by atoms with E-state index in [0.29, 0.717) is 18.8 Å². The molecule has 3 aliphatic rings. The molecule has 0 aromatic heterocycles. The molecule has 2 aromatic carbocycles. The van der Waals surface area contributed by atoms with Crippen LogP contribution in [0.25, 0.3) is 0 Å². The van der Waals surface area contributed by atoms with Gasteiger partial charge in [0.25, 0.3) is 0 Å². The Hall–Kier alpha value is -2.08. The number of aliphatic carboxylic acids is 1. The average Bonchev–Trinajstić information content (AvgIpc) is 2.76. The predicted molar refractivity (Wildman–Crippen MR) is 116 cm³/mol. The first-order valence-corrected chi connectivity index (χ1v) is 12.8. The molecular weight excluding hydrogens is 425 g/mol.